The fraction of sp³-hybridized carbons (Fsp3) is 0.250. The van der Waals surface area contributed by atoms with Gasteiger partial charge in [0.05, 0.1) is 23.7 Å². The van der Waals surface area contributed by atoms with Crippen LogP contribution < -0.4 is 0 Å². The summed E-state index contributed by atoms with van der Waals surface area (Å²) >= 11 is 0. The first-order valence-electron chi connectivity index (χ1n) is 3.37. The maximum absolute atomic E-state index is 8.60. The van der Waals surface area contributed by atoms with Gasteiger partial charge >= 0.3 is 0 Å². The second kappa shape index (κ2) is 3.45. The first kappa shape index (κ1) is 8.16. The van der Waals surface area contributed by atoms with Crippen molar-refractivity contribution in [2.24, 2.45) is 0 Å². The first-order valence-corrected chi connectivity index (χ1v) is 3.37. The van der Waals surface area contributed by atoms with Gasteiger partial charge < -0.3 is 0 Å². The van der Waals surface area contributed by atoms with Gasteiger partial charge in [-0.05, 0) is 6.92 Å². The smallest absolute Gasteiger partial charge is 0.125 e. The summed E-state index contributed by atoms with van der Waals surface area (Å²) in [6.45, 7) is 1.72. The summed E-state index contributed by atoms with van der Waals surface area (Å²) in [5, 5.41) is 17.0. The molecule has 0 spiro atoms. The van der Waals surface area contributed by atoms with Crippen LogP contribution in [0.1, 0.15) is 17.1 Å². The molecule has 1 heterocycles. The zero-order chi connectivity index (χ0) is 8.97. The highest BCUT2D eigenvalue weighted by molar-refractivity contribution is 5.32. The molecule has 0 unspecified atom stereocenters. The first-order chi connectivity index (χ1) is 5.77. The summed E-state index contributed by atoms with van der Waals surface area (Å²) in [4.78, 5) is 7.83. The Kier molecular flexibility index (Phi) is 2.35. The molecule has 0 aromatic carbocycles. The standard InChI is InChI=1S/C8H6N4/c1-6-11-5-7(4-10)8(12-6)2-3-9/h5H,2H2,1H3. The fourth-order valence-corrected chi connectivity index (χ4v) is 0.820. The van der Waals surface area contributed by atoms with Gasteiger partial charge in [0.2, 0.25) is 0 Å². The van der Waals surface area contributed by atoms with E-state index in [4.69, 9.17) is 10.5 Å². The minimum Gasteiger partial charge on any atom is -0.240 e. The Morgan fingerprint density at radius 1 is 1.50 bits per heavy atom. The number of hydrogen-bond acceptors (Lipinski definition) is 4. The van der Waals surface area contributed by atoms with Crippen LogP contribution in [-0.2, 0) is 6.42 Å². The third-order valence-electron chi connectivity index (χ3n) is 1.36. The van der Waals surface area contributed by atoms with Crippen LogP contribution in [0.15, 0.2) is 6.20 Å². The molecule has 1 aromatic rings. The number of rotatable bonds is 1. The van der Waals surface area contributed by atoms with E-state index in [1.807, 2.05) is 12.1 Å². The fourth-order valence-electron chi connectivity index (χ4n) is 0.820. The van der Waals surface area contributed by atoms with E-state index in [0.717, 1.165) is 0 Å². The lowest BCUT2D eigenvalue weighted by Gasteiger charge is -1.97. The van der Waals surface area contributed by atoms with E-state index < -0.39 is 0 Å². The molecular weight excluding hydrogens is 152 g/mol. The zero-order valence-electron chi connectivity index (χ0n) is 6.57. The number of hydrogen-bond donors (Lipinski definition) is 0. The molecule has 0 fully saturated rings. The Balaban J connectivity index is 3.16. The highest BCUT2D eigenvalue weighted by Gasteiger charge is 2.03. The normalized spacial score (nSPS) is 8.58. The van der Waals surface area contributed by atoms with Crippen molar-refractivity contribution < 1.29 is 0 Å². The van der Waals surface area contributed by atoms with E-state index in [2.05, 4.69) is 9.97 Å². The van der Waals surface area contributed by atoms with Gasteiger partial charge in [-0.25, -0.2) is 9.97 Å². The predicted octanol–water partition coefficient (Wildman–Crippen LogP) is 0.723. The monoisotopic (exact) mass is 158 g/mol. The van der Waals surface area contributed by atoms with E-state index in [-0.39, 0.29) is 6.42 Å². The molecule has 1 rings (SSSR count). The summed E-state index contributed by atoms with van der Waals surface area (Å²) in [6.07, 6.45) is 1.60. The molecule has 0 bridgehead atoms. The van der Waals surface area contributed by atoms with Gasteiger partial charge in [-0.1, -0.05) is 0 Å². The summed E-state index contributed by atoms with van der Waals surface area (Å²) in [6, 6.07) is 3.88. The topological polar surface area (TPSA) is 73.4 Å². The molecule has 0 aliphatic heterocycles. The van der Waals surface area contributed by atoms with Gasteiger partial charge in [-0.15, -0.1) is 0 Å². The average molecular weight is 158 g/mol. The lowest BCUT2D eigenvalue weighted by Crippen LogP contribution is -1.97. The Hall–Kier alpha value is -1.94. The van der Waals surface area contributed by atoms with Gasteiger partial charge in [0.25, 0.3) is 0 Å². The van der Waals surface area contributed by atoms with Crippen molar-refractivity contribution in [3.8, 4) is 12.1 Å². The van der Waals surface area contributed by atoms with Crippen LogP contribution in [0.2, 0.25) is 0 Å². The Bertz CT molecular complexity index is 370. The van der Waals surface area contributed by atoms with Crippen molar-refractivity contribution in [2.75, 3.05) is 0 Å². The molecule has 58 valence electrons. The van der Waals surface area contributed by atoms with Crippen molar-refractivity contribution in [1.29, 1.82) is 10.5 Å². The van der Waals surface area contributed by atoms with Crippen LogP contribution in [-0.4, -0.2) is 9.97 Å². The van der Waals surface area contributed by atoms with Gasteiger partial charge in [-0.2, -0.15) is 10.5 Å². The van der Waals surface area contributed by atoms with Gasteiger partial charge in [0.15, 0.2) is 0 Å². The van der Waals surface area contributed by atoms with E-state index in [9.17, 15) is 0 Å². The molecule has 0 amide bonds. The summed E-state index contributed by atoms with van der Waals surface area (Å²) < 4.78 is 0. The third-order valence-corrected chi connectivity index (χ3v) is 1.36. The summed E-state index contributed by atoms with van der Waals surface area (Å²) in [5.41, 5.74) is 0.884. The van der Waals surface area contributed by atoms with Crippen LogP contribution in [0.5, 0.6) is 0 Å². The van der Waals surface area contributed by atoms with E-state index in [1.165, 1.54) is 6.20 Å². The predicted molar refractivity (Wildman–Crippen MR) is 40.8 cm³/mol. The van der Waals surface area contributed by atoms with Crippen molar-refractivity contribution >= 4 is 0 Å². The summed E-state index contributed by atoms with van der Waals surface area (Å²) in [7, 11) is 0. The van der Waals surface area contributed by atoms with Crippen molar-refractivity contribution in [2.45, 2.75) is 13.3 Å². The highest BCUT2D eigenvalue weighted by atomic mass is 14.9. The molecule has 0 radical (unpaired) electrons. The largest absolute Gasteiger partial charge is 0.240 e. The number of aryl methyl sites for hydroxylation is 1. The van der Waals surface area contributed by atoms with Gasteiger partial charge in [-0.3, -0.25) is 0 Å². The summed E-state index contributed by atoms with van der Waals surface area (Å²) in [5.74, 6) is 0.583. The molecule has 0 aliphatic carbocycles. The zero-order valence-corrected chi connectivity index (χ0v) is 6.57. The van der Waals surface area contributed by atoms with Crippen molar-refractivity contribution in [3.63, 3.8) is 0 Å². The number of aromatic nitrogens is 2. The third kappa shape index (κ3) is 1.56. The van der Waals surface area contributed by atoms with Gasteiger partial charge in [0.1, 0.15) is 11.9 Å². The maximum atomic E-state index is 8.60. The Morgan fingerprint density at radius 3 is 2.83 bits per heavy atom. The van der Waals surface area contributed by atoms with Crippen molar-refractivity contribution in [3.05, 3.63) is 23.3 Å². The van der Waals surface area contributed by atoms with Crippen LogP contribution in [0.3, 0.4) is 0 Å². The minimum atomic E-state index is 0.159. The minimum absolute atomic E-state index is 0.159. The number of nitriles is 2. The molecule has 12 heavy (non-hydrogen) atoms. The molecule has 4 heteroatoms. The molecule has 0 N–H and O–H groups in total. The van der Waals surface area contributed by atoms with Crippen molar-refractivity contribution in [1.82, 2.24) is 9.97 Å². The van der Waals surface area contributed by atoms with E-state index in [0.29, 0.717) is 17.1 Å². The number of nitrogens with zero attached hydrogens (tertiary/aromatic N) is 4. The highest BCUT2D eigenvalue weighted by Crippen LogP contribution is 2.03. The van der Waals surface area contributed by atoms with E-state index in [1.54, 1.807) is 6.92 Å². The van der Waals surface area contributed by atoms with Crippen LogP contribution in [0.4, 0.5) is 0 Å². The Labute approximate surface area is 70.1 Å². The second-order valence-corrected chi connectivity index (χ2v) is 2.22. The van der Waals surface area contributed by atoms with Crippen LogP contribution >= 0.6 is 0 Å². The van der Waals surface area contributed by atoms with Crippen LogP contribution in [0, 0.1) is 29.6 Å². The SMILES string of the molecule is Cc1ncc(C#N)c(CC#N)n1. The molecular formula is C8H6N4. The molecule has 0 saturated heterocycles. The van der Waals surface area contributed by atoms with E-state index >= 15 is 0 Å². The lowest BCUT2D eigenvalue weighted by molar-refractivity contribution is 0.973. The maximum Gasteiger partial charge on any atom is 0.125 e. The second-order valence-electron chi connectivity index (χ2n) is 2.22. The average Bonchev–Trinajstić information content (AvgIpc) is 2.05. The molecule has 1 aromatic heterocycles. The Morgan fingerprint density at radius 2 is 2.25 bits per heavy atom. The van der Waals surface area contributed by atoms with Gasteiger partial charge in [0, 0.05) is 6.20 Å². The molecule has 0 saturated carbocycles. The quantitative estimate of drug-likeness (QED) is 0.603. The molecule has 0 atom stereocenters. The molecule has 0 aliphatic rings. The molecule has 4 nitrogen and oxygen atoms in total. The lowest BCUT2D eigenvalue weighted by atomic mass is 10.2. The van der Waals surface area contributed by atoms with Crippen LogP contribution in [0.25, 0.3) is 0 Å².